The molecular formula is C28H17Cl2N3O3. The highest BCUT2D eigenvalue weighted by Crippen LogP contribution is 2.29. The van der Waals surface area contributed by atoms with Gasteiger partial charge in [0, 0.05) is 16.1 Å². The number of benzene rings is 4. The third-order valence-electron chi connectivity index (χ3n) is 5.37. The van der Waals surface area contributed by atoms with E-state index >= 15 is 0 Å². The lowest BCUT2D eigenvalue weighted by atomic mass is 10.2. The molecule has 0 aliphatic carbocycles. The number of carbonyl (C=O) groups excluding carboxylic acids is 1. The Bertz CT molecular complexity index is 1680. The number of halogens is 2. The molecule has 4 aromatic carbocycles. The summed E-state index contributed by atoms with van der Waals surface area (Å²) in [7, 11) is 0. The number of carbonyl (C=O) groups is 1. The number of rotatable bonds is 5. The number of ether oxygens (including phenoxy) is 1. The van der Waals surface area contributed by atoms with Crippen LogP contribution >= 0.6 is 23.2 Å². The van der Waals surface area contributed by atoms with Crippen LogP contribution in [0.1, 0.15) is 15.9 Å². The Morgan fingerprint density at radius 1 is 0.889 bits per heavy atom. The number of nitrogens with zero attached hydrogens (tertiary/aromatic N) is 3. The van der Waals surface area contributed by atoms with Crippen molar-refractivity contribution in [1.29, 1.82) is 0 Å². The summed E-state index contributed by atoms with van der Waals surface area (Å²) in [5.74, 6) is 0.0352. The monoisotopic (exact) mass is 513 g/mol. The zero-order chi connectivity index (χ0) is 25.1. The van der Waals surface area contributed by atoms with Crippen LogP contribution in [0.25, 0.3) is 22.3 Å². The Balaban J connectivity index is 1.60. The van der Waals surface area contributed by atoms with Gasteiger partial charge in [-0.25, -0.2) is 9.78 Å². The van der Waals surface area contributed by atoms with Crippen molar-refractivity contribution in [2.75, 3.05) is 0 Å². The number of hydrogen-bond acceptors (Lipinski definition) is 5. The van der Waals surface area contributed by atoms with Gasteiger partial charge in [-0.15, -0.1) is 0 Å². The number of hydrogen-bond donors (Lipinski definition) is 0. The highest BCUT2D eigenvalue weighted by atomic mass is 35.5. The van der Waals surface area contributed by atoms with E-state index in [9.17, 15) is 9.59 Å². The van der Waals surface area contributed by atoms with Gasteiger partial charge in [0.15, 0.2) is 5.82 Å². The van der Waals surface area contributed by atoms with Crippen LogP contribution in [0, 0.1) is 0 Å². The van der Waals surface area contributed by atoms with Gasteiger partial charge in [0.05, 0.1) is 27.7 Å². The van der Waals surface area contributed by atoms with Crippen LogP contribution in [-0.2, 0) is 0 Å². The Hall–Kier alpha value is -4.26. The first-order valence-corrected chi connectivity index (χ1v) is 11.6. The first-order chi connectivity index (χ1) is 17.5. The molecule has 0 aliphatic rings. The molecule has 5 aromatic rings. The Morgan fingerprint density at radius 3 is 2.42 bits per heavy atom. The first kappa shape index (κ1) is 23.5. The van der Waals surface area contributed by atoms with Gasteiger partial charge in [-0.05, 0) is 54.6 Å². The van der Waals surface area contributed by atoms with Gasteiger partial charge in [-0.2, -0.15) is 9.78 Å². The van der Waals surface area contributed by atoms with E-state index in [0.29, 0.717) is 43.4 Å². The summed E-state index contributed by atoms with van der Waals surface area (Å²) in [6, 6.07) is 27.5. The maximum Gasteiger partial charge on any atom is 0.343 e. The van der Waals surface area contributed by atoms with Crippen LogP contribution in [0.15, 0.2) is 107 Å². The van der Waals surface area contributed by atoms with Gasteiger partial charge in [0.25, 0.3) is 5.56 Å². The maximum atomic E-state index is 13.4. The van der Waals surface area contributed by atoms with E-state index in [1.165, 1.54) is 10.9 Å². The largest absolute Gasteiger partial charge is 0.422 e. The fourth-order valence-electron chi connectivity index (χ4n) is 3.61. The zero-order valence-corrected chi connectivity index (χ0v) is 20.1. The maximum absolute atomic E-state index is 13.4. The molecule has 0 aliphatic heterocycles. The number of esters is 1. The molecule has 1 aromatic heterocycles. The van der Waals surface area contributed by atoms with Crippen molar-refractivity contribution in [2.24, 2.45) is 5.10 Å². The van der Waals surface area contributed by atoms with Crippen molar-refractivity contribution < 1.29 is 9.53 Å². The minimum Gasteiger partial charge on any atom is -0.422 e. The van der Waals surface area contributed by atoms with E-state index in [1.807, 2.05) is 6.07 Å². The lowest BCUT2D eigenvalue weighted by Gasteiger charge is -2.11. The Morgan fingerprint density at radius 2 is 1.61 bits per heavy atom. The number of aromatic nitrogens is 2. The highest BCUT2D eigenvalue weighted by molar-refractivity contribution is 6.36. The summed E-state index contributed by atoms with van der Waals surface area (Å²) in [5.41, 5.74) is 1.53. The topological polar surface area (TPSA) is 73.5 Å². The molecule has 0 atom stereocenters. The van der Waals surface area contributed by atoms with Crippen LogP contribution in [-0.4, -0.2) is 21.8 Å². The minimum atomic E-state index is -0.505. The predicted molar refractivity (Wildman–Crippen MR) is 142 cm³/mol. The number of fused-ring (bicyclic) bond motifs is 1. The fraction of sp³-hybridized carbons (Fsp3) is 0. The third kappa shape index (κ3) is 4.77. The predicted octanol–water partition coefficient (Wildman–Crippen LogP) is 6.47. The molecular weight excluding hydrogens is 497 g/mol. The molecule has 5 rings (SSSR count). The molecule has 0 amide bonds. The molecule has 8 heteroatoms. The molecule has 0 N–H and O–H groups in total. The van der Waals surface area contributed by atoms with E-state index in [0.717, 1.165) is 0 Å². The lowest BCUT2D eigenvalue weighted by Crippen LogP contribution is -2.20. The SMILES string of the molecule is O=C(Oc1ccccc1/C=N\n1c(-c2ccc(Cl)cc2Cl)nc2ccccc2c1=O)c1ccccc1. The van der Waals surface area contributed by atoms with Crippen molar-refractivity contribution in [2.45, 2.75) is 0 Å². The van der Waals surface area contributed by atoms with E-state index < -0.39 is 5.97 Å². The fourth-order valence-corrected chi connectivity index (χ4v) is 4.10. The quantitative estimate of drug-likeness (QED) is 0.153. The molecule has 1 heterocycles. The lowest BCUT2D eigenvalue weighted by molar-refractivity contribution is 0.0734. The second kappa shape index (κ2) is 10.2. The standard InChI is InChI=1S/C28H17Cl2N3O3/c29-20-14-15-21(23(30)16-20)26-32-24-12-6-5-11-22(24)27(34)33(26)31-17-19-10-4-7-13-25(19)36-28(35)18-8-2-1-3-9-18/h1-17H/b31-17-. The van der Waals surface area contributed by atoms with Crippen LogP contribution in [0.2, 0.25) is 10.0 Å². The van der Waals surface area contributed by atoms with E-state index in [2.05, 4.69) is 10.1 Å². The molecule has 0 saturated carbocycles. The summed E-state index contributed by atoms with van der Waals surface area (Å²) < 4.78 is 6.77. The van der Waals surface area contributed by atoms with Gasteiger partial charge >= 0.3 is 5.97 Å². The minimum absolute atomic E-state index is 0.246. The van der Waals surface area contributed by atoms with Crippen molar-refractivity contribution in [3.05, 3.63) is 129 Å². The summed E-state index contributed by atoms with van der Waals surface area (Å²) in [6.45, 7) is 0. The average Bonchev–Trinajstić information content (AvgIpc) is 2.89. The van der Waals surface area contributed by atoms with Gasteiger partial charge in [0.2, 0.25) is 0 Å². The van der Waals surface area contributed by atoms with Gasteiger partial charge < -0.3 is 4.74 Å². The molecule has 176 valence electrons. The normalized spacial score (nSPS) is 11.2. The van der Waals surface area contributed by atoms with Crippen LogP contribution < -0.4 is 10.3 Å². The van der Waals surface area contributed by atoms with Crippen molar-refractivity contribution >= 4 is 46.3 Å². The molecule has 0 radical (unpaired) electrons. The summed E-state index contributed by atoms with van der Waals surface area (Å²) in [4.78, 5) is 30.7. The zero-order valence-electron chi connectivity index (χ0n) is 18.6. The molecule has 6 nitrogen and oxygen atoms in total. The van der Waals surface area contributed by atoms with Gasteiger partial charge in [0.1, 0.15) is 5.75 Å². The van der Waals surface area contributed by atoms with E-state index in [1.54, 1.807) is 91.0 Å². The second-order valence-electron chi connectivity index (χ2n) is 7.73. The van der Waals surface area contributed by atoms with Crippen molar-refractivity contribution in [3.8, 4) is 17.1 Å². The smallest absolute Gasteiger partial charge is 0.343 e. The first-order valence-electron chi connectivity index (χ1n) is 10.9. The summed E-state index contributed by atoms with van der Waals surface area (Å²) in [6.07, 6.45) is 1.44. The average molecular weight is 514 g/mol. The highest BCUT2D eigenvalue weighted by Gasteiger charge is 2.16. The molecule has 0 saturated heterocycles. The van der Waals surface area contributed by atoms with Crippen molar-refractivity contribution in [1.82, 2.24) is 9.66 Å². The molecule has 0 bridgehead atoms. The molecule has 0 spiro atoms. The van der Waals surface area contributed by atoms with Crippen LogP contribution in [0.5, 0.6) is 5.75 Å². The molecule has 36 heavy (non-hydrogen) atoms. The van der Waals surface area contributed by atoms with E-state index in [4.69, 9.17) is 27.9 Å². The van der Waals surface area contributed by atoms with Crippen LogP contribution in [0.3, 0.4) is 0 Å². The van der Waals surface area contributed by atoms with Gasteiger partial charge in [-0.3, -0.25) is 4.79 Å². The van der Waals surface area contributed by atoms with Crippen molar-refractivity contribution in [3.63, 3.8) is 0 Å². The summed E-state index contributed by atoms with van der Waals surface area (Å²) >= 11 is 12.5. The van der Waals surface area contributed by atoms with E-state index in [-0.39, 0.29) is 11.4 Å². The third-order valence-corrected chi connectivity index (χ3v) is 5.92. The Labute approximate surface area is 216 Å². The molecule has 0 unspecified atom stereocenters. The summed E-state index contributed by atoms with van der Waals surface area (Å²) in [5, 5.41) is 5.62. The molecule has 0 fully saturated rings. The van der Waals surface area contributed by atoms with Crippen LogP contribution in [0.4, 0.5) is 0 Å². The second-order valence-corrected chi connectivity index (χ2v) is 8.58. The van der Waals surface area contributed by atoms with Gasteiger partial charge in [-0.1, -0.05) is 65.7 Å². The number of para-hydroxylation sites is 2. The Kier molecular flexibility index (Phi) is 6.62.